The van der Waals surface area contributed by atoms with Crippen LogP contribution in [-0.4, -0.2) is 31.4 Å². The van der Waals surface area contributed by atoms with E-state index in [4.69, 9.17) is 0 Å². The fraction of sp³-hybridized carbons (Fsp3) is 0.0952. The molecule has 0 radical (unpaired) electrons. The molecule has 9 nitrogen and oxygen atoms in total. The number of carbonyl (C=O) groups excluding carboxylic acids is 2. The number of aryl methyl sites for hydroxylation is 1. The second kappa shape index (κ2) is 8.00. The molecule has 0 saturated heterocycles. The van der Waals surface area contributed by atoms with Crippen molar-refractivity contribution in [1.82, 2.24) is 30.4 Å². The van der Waals surface area contributed by atoms with E-state index in [2.05, 4.69) is 21.0 Å². The summed E-state index contributed by atoms with van der Waals surface area (Å²) in [7, 11) is 1.47. The summed E-state index contributed by atoms with van der Waals surface area (Å²) in [5.41, 5.74) is 5.85. The molecule has 9 heteroatoms. The highest BCUT2D eigenvalue weighted by atomic mass is 16.2. The number of hydrogen-bond donors (Lipinski definition) is 2. The zero-order valence-electron chi connectivity index (χ0n) is 16.1. The second-order valence-corrected chi connectivity index (χ2v) is 6.63. The van der Waals surface area contributed by atoms with E-state index in [1.54, 1.807) is 47.3 Å². The maximum absolute atomic E-state index is 12.6. The topological polar surface area (TPSA) is 111 Å². The molecule has 0 atom stereocenters. The first-order valence-corrected chi connectivity index (χ1v) is 9.16. The minimum absolute atomic E-state index is 0.0440. The van der Waals surface area contributed by atoms with Crippen LogP contribution in [0.1, 0.15) is 26.4 Å². The predicted molar refractivity (Wildman–Crippen MR) is 110 cm³/mol. The molecule has 2 amide bonds. The molecule has 0 fully saturated rings. The van der Waals surface area contributed by atoms with Crippen LogP contribution in [0.5, 0.6) is 0 Å². The van der Waals surface area contributed by atoms with Crippen LogP contribution in [0, 0.1) is 0 Å². The third kappa shape index (κ3) is 3.81. The van der Waals surface area contributed by atoms with Crippen LogP contribution >= 0.6 is 0 Å². The minimum Gasteiger partial charge on any atom is -0.268 e. The smallest absolute Gasteiger partial charge is 0.268 e. The second-order valence-electron chi connectivity index (χ2n) is 6.63. The number of amides is 2. The summed E-state index contributed by atoms with van der Waals surface area (Å²) >= 11 is 0. The van der Waals surface area contributed by atoms with Crippen molar-refractivity contribution in [3.05, 3.63) is 94.2 Å². The molecule has 2 N–H and O–H groups in total. The molecule has 150 valence electrons. The average Bonchev–Trinajstić information content (AvgIpc) is 3.28. The van der Waals surface area contributed by atoms with Crippen LogP contribution < -0.4 is 16.4 Å². The van der Waals surface area contributed by atoms with Crippen molar-refractivity contribution in [3.8, 4) is 0 Å². The van der Waals surface area contributed by atoms with Gasteiger partial charge in [-0.05, 0) is 29.8 Å². The Bertz CT molecular complexity index is 1280. The molecule has 0 unspecified atom stereocenters. The van der Waals surface area contributed by atoms with Gasteiger partial charge < -0.3 is 0 Å². The largest absolute Gasteiger partial charge is 0.290 e. The molecule has 0 bridgehead atoms. The SMILES string of the molecule is Cn1nc(C(=O)NNC(=O)c2ccc(Cn3cccn3)cc2)c2ccccc2c1=O. The van der Waals surface area contributed by atoms with Crippen LogP contribution in [-0.2, 0) is 13.6 Å². The number of nitrogens with one attached hydrogen (secondary N) is 2. The Hall–Kier alpha value is -4.27. The van der Waals surface area contributed by atoms with Crippen LogP contribution in [0.3, 0.4) is 0 Å². The van der Waals surface area contributed by atoms with E-state index in [0.717, 1.165) is 10.2 Å². The Morgan fingerprint density at radius 2 is 1.63 bits per heavy atom. The Labute approximate surface area is 170 Å². The fourth-order valence-corrected chi connectivity index (χ4v) is 3.05. The number of hydrazine groups is 1. The summed E-state index contributed by atoms with van der Waals surface area (Å²) in [5.74, 6) is -1.09. The molecule has 2 aromatic heterocycles. The average molecular weight is 402 g/mol. The third-order valence-electron chi connectivity index (χ3n) is 4.58. The summed E-state index contributed by atoms with van der Waals surface area (Å²) in [5, 5.41) is 8.96. The van der Waals surface area contributed by atoms with E-state index in [1.807, 2.05) is 24.4 Å². The van der Waals surface area contributed by atoms with Gasteiger partial charge in [0.05, 0.1) is 11.9 Å². The number of fused-ring (bicyclic) bond motifs is 1. The lowest BCUT2D eigenvalue weighted by atomic mass is 10.1. The van der Waals surface area contributed by atoms with Crippen molar-refractivity contribution in [3.63, 3.8) is 0 Å². The van der Waals surface area contributed by atoms with E-state index < -0.39 is 11.8 Å². The normalized spacial score (nSPS) is 10.7. The van der Waals surface area contributed by atoms with Gasteiger partial charge in [0.2, 0.25) is 0 Å². The van der Waals surface area contributed by atoms with Crippen molar-refractivity contribution < 1.29 is 9.59 Å². The molecule has 0 spiro atoms. The molecular formula is C21H18N6O3. The highest BCUT2D eigenvalue weighted by Crippen LogP contribution is 2.12. The van der Waals surface area contributed by atoms with Crippen LogP contribution in [0.4, 0.5) is 0 Å². The molecule has 2 aromatic carbocycles. The summed E-state index contributed by atoms with van der Waals surface area (Å²) in [6, 6.07) is 15.5. The monoisotopic (exact) mass is 402 g/mol. The molecule has 2 heterocycles. The number of benzene rings is 2. The molecule has 0 aliphatic rings. The lowest BCUT2D eigenvalue weighted by Crippen LogP contribution is -2.42. The van der Waals surface area contributed by atoms with E-state index in [0.29, 0.717) is 22.9 Å². The van der Waals surface area contributed by atoms with E-state index in [1.165, 1.54) is 7.05 Å². The molecule has 0 aliphatic carbocycles. The Balaban J connectivity index is 1.45. The lowest BCUT2D eigenvalue weighted by Gasteiger charge is -2.10. The standard InChI is InChI=1S/C21H18N6O3/c1-26-21(30)17-6-3-2-5-16(17)18(25-26)20(29)24-23-19(28)15-9-7-14(8-10-15)13-27-12-4-11-22-27/h2-12H,13H2,1H3,(H,23,28)(H,24,29). The number of aromatic nitrogens is 4. The Kier molecular flexibility index (Phi) is 5.08. The predicted octanol–water partition coefficient (Wildman–Crippen LogP) is 1.25. The fourth-order valence-electron chi connectivity index (χ4n) is 3.05. The molecular weight excluding hydrogens is 384 g/mol. The first-order chi connectivity index (χ1) is 14.5. The van der Waals surface area contributed by atoms with Gasteiger partial charge in [-0.2, -0.15) is 10.2 Å². The Morgan fingerprint density at radius 1 is 0.933 bits per heavy atom. The van der Waals surface area contributed by atoms with E-state index in [9.17, 15) is 14.4 Å². The van der Waals surface area contributed by atoms with Crippen molar-refractivity contribution in [2.45, 2.75) is 6.54 Å². The van der Waals surface area contributed by atoms with Crippen molar-refractivity contribution in [1.29, 1.82) is 0 Å². The summed E-state index contributed by atoms with van der Waals surface area (Å²) in [6.45, 7) is 0.594. The van der Waals surface area contributed by atoms with Crippen molar-refractivity contribution in [2.24, 2.45) is 7.05 Å². The number of nitrogens with zero attached hydrogens (tertiary/aromatic N) is 4. The molecule has 4 aromatic rings. The highest BCUT2D eigenvalue weighted by Gasteiger charge is 2.16. The molecule has 0 saturated carbocycles. The minimum atomic E-state index is -0.620. The highest BCUT2D eigenvalue weighted by molar-refractivity contribution is 6.06. The van der Waals surface area contributed by atoms with Crippen molar-refractivity contribution >= 4 is 22.6 Å². The zero-order chi connectivity index (χ0) is 21.1. The van der Waals surface area contributed by atoms with E-state index in [-0.39, 0.29) is 11.3 Å². The van der Waals surface area contributed by atoms with Gasteiger partial charge in [-0.15, -0.1) is 0 Å². The maximum atomic E-state index is 12.6. The number of carbonyl (C=O) groups is 2. The van der Waals surface area contributed by atoms with Gasteiger partial charge in [0.15, 0.2) is 5.69 Å². The first kappa shape index (κ1) is 19.1. The quantitative estimate of drug-likeness (QED) is 0.499. The molecule has 30 heavy (non-hydrogen) atoms. The lowest BCUT2D eigenvalue weighted by molar-refractivity contribution is 0.0844. The van der Waals surface area contributed by atoms with Gasteiger partial charge in [-0.3, -0.25) is 29.9 Å². The molecule has 4 rings (SSSR count). The van der Waals surface area contributed by atoms with E-state index >= 15 is 0 Å². The van der Waals surface area contributed by atoms with Crippen molar-refractivity contribution in [2.75, 3.05) is 0 Å². The van der Waals surface area contributed by atoms with Gasteiger partial charge in [-0.25, -0.2) is 4.68 Å². The zero-order valence-corrected chi connectivity index (χ0v) is 16.1. The summed E-state index contributed by atoms with van der Waals surface area (Å²) in [4.78, 5) is 37.1. The summed E-state index contributed by atoms with van der Waals surface area (Å²) in [6.07, 6.45) is 3.56. The van der Waals surface area contributed by atoms with Gasteiger partial charge >= 0.3 is 0 Å². The molecule has 0 aliphatic heterocycles. The van der Waals surface area contributed by atoms with Gasteiger partial charge in [0, 0.05) is 30.4 Å². The first-order valence-electron chi connectivity index (χ1n) is 9.16. The summed E-state index contributed by atoms with van der Waals surface area (Å²) < 4.78 is 2.87. The Morgan fingerprint density at radius 3 is 2.33 bits per heavy atom. The number of hydrogen-bond acceptors (Lipinski definition) is 5. The van der Waals surface area contributed by atoms with Crippen LogP contribution in [0.15, 0.2) is 71.8 Å². The van der Waals surface area contributed by atoms with Gasteiger partial charge in [0.1, 0.15) is 0 Å². The third-order valence-corrected chi connectivity index (χ3v) is 4.58. The van der Waals surface area contributed by atoms with Gasteiger partial charge in [-0.1, -0.05) is 30.3 Å². The van der Waals surface area contributed by atoms with Gasteiger partial charge in [0.25, 0.3) is 17.4 Å². The van der Waals surface area contributed by atoms with Crippen LogP contribution in [0.25, 0.3) is 10.8 Å². The number of rotatable bonds is 4. The van der Waals surface area contributed by atoms with Crippen LogP contribution in [0.2, 0.25) is 0 Å². The maximum Gasteiger partial charge on any atom is 0.290 e.